The molecule has 1 aliphatic heterocycles. The normalized spacial score (nSPS) is 44.7. The Morgan fingerprint density at radius 3 is 3.00 bits per heavy atom. The van der Waals surface area contributed by atoms with Crippen molar-refractivity contribution in [3.8, 4) is 0 Å². The maximum absolute atomic E-state index is 3.28. The van der Waals surface area contributed by atoms with E-state index in [9.17, 15) is 0 Å². The van der Waals surface area contributed by atoms with E-state index >= 15 is 0 Å². The van der Waals surface area contributed by atoms with E-state index in [-0.39, 0.29) is 0 Å². The molecule has 2 rings (SSSR count). The van der Waals surface area contributed by atoms with Crippen LogP contribution in [0.15, 0.2) is 0 Å². The van der Waals surface area contributed by atoms with Crippen LogP contribution in [0.5, 0.6) is 0 Å². The Balaban J connectivity index is 1.82. The molecule has 1 nitrogen and oxygen atoms in total. The molecule has 0 aromatic carbocycles. The summed E-state index contributed by atoms with van der Waals surface area (Å²) in [7, 11) is 2.07. The first-order chi connectivity index (χ1) is 4.93. The third-order valence-corrected chi connectivity index (χ3v) is 4.00. The van der Waals surface area contributed by atoms with Crippen LogP contribution in [0.25, 0.3) is 0 Å². The van der Waals surface area contributed by atoms with Crippen LogP contribution in [0.4, 0.5) is 0 Å². The van der Waals surface area contributed by atoms with E-state index in [4.69, 9.17) is 0 Å². The van der Waals surface area contributed by atoms with Crippen LogP contribution < -0.4 is 5.32 Å². The number of nitrogens with one attached hydrogen (secondary N) is 1. The first-order valence-electron chi connectivity index (χ1n) is 4.16. The molecule has 2 fully saturated rings. The van der Waals surface area contributed by atoms with E-state index in [1.165, 1.54) is 24.5 Å². The first-order valence-corrected chi connectivity index (χ1v) is 5.31. The zero-order valence-corrected chi connectivity index (χ0v) is 7.29. The molecule has 0 radical (unpaired) electrons. The van der Waals surface area contributed by atoms with Crippen molar-refractivity contribution in [2.24, 2.45) is 17.8 Å². The van der Waals surface area contributed by atoms with Crippen molar-refractivity contribution >= 4 is 11.8 Å². The average Bonchev–Trinajstić information content (AvgIpc) is 2.66. The second-order valence-electron chi connectivity index (χ2n) is 3.41. The SMILES string of the molecule is CNCC1C2CCSCC21. The van der Waals surface area contributed by atoms with E-state index in [2.05, 4.69) is 24.1 Å². The fourth-order valence-electron chi connectivity index (χ4n) is 2.18. The fraction of sp³-hybridized carbons (Fsp3) is 1.00. The zero-order chi connectivity index (χ0) is 6.97. The molecule has 0 aromatic heterocycles. The van der Waals surface area contributed by atoms with Crippen LogP contribution in [-0.4, -0.2) is 25.1 Å². The molecular weight excluding hydrogens is 142 g/mol. The van der Waals surface area contributed by atoms with Crippen LogP contribution in [0.3, 0.4) is 0 Å². The summed E-state index contributed by atoms with van der Waals surface area (Å²) in [6.07, 6.45) is 1.49. The fourth-order valence-corrected chi connectivity index (χ4v) is 3.55. The lowest BCUT2D eigenvalue weighted by molar-refractivity contribution is 0.637. The Hall–Kier alpha value is 0.310. The van der Waals surface area contributed by atoms with E-state index in [1.54, 1.807) is 0 Å². The average molecular weight is 157 g/mol. The monoisotopic (exact) mass is 157 g/mol. The number of fused-ring (bicyclic) bond motifs is 1. The molecule has 0 aromatic rings. The predicted molar refractivity (Wildman–Crippen MR) is 46.3 cm³/mol. The number of rotatable bonds is 2. The van der Waals surface area contributed by atoms with Gasteiger partial charge >= 0.3 is 0 Å². The van der Waals surface area contributed by atoms with Crippen molar-refractivity contribution in [3.63, 3.8) is 0 Å². The van der Waals surface area contributed by atoms with E-state index in [0.29, 0.717) is 0 Å². The van der Waals surface area contributed by atoms with Crippen LogP contribution in [-0.2, 0) is 0 Å². The molecule has 3 unspecified atom stereocenters. The van der Waals surface area contributed by atoms with Crippen molar-refractivity contribution in [1.29, 1.82) is 0 Å². The lowest BCUT2D eigenvalue weighted by Gasteiger charge is -2.05. The van der Waals surface area contributed by atoms with Crippen molar-refractivity contribution in [1.82, 2.24) is 5.32 Å². The smallest absolute Gasteiger partial charge is 0.00177 e. The molecular formula is C8H15NS. The molecule has 1 aliphatic carbocycles. The standard InChI is InChI=1S/C8H15NS/c1-9-4-7-6-2-3-10-5-8(6)7/h6-9H,2-5H2,1H3. The first kappa shape index (κ1) is 6.99. The molecule has 3 atom stereocenters. The van der Waals surface area contributed by atoms with Gasteiger partial charge in [0.15, 0.2) is 0 Å². The van der Waals surface area contributed by atoms with Gasteiger partial charge in [0.05, 0.1) is 0 Å². The minimum Gasteiger partial charge on any atom is -0.319 e. The highest BCUT2D eigenvalue weighted by atomic mass is 32.2. The summed E-state index contributed by atoms with van der Waals surface area (Å²) >= 11 is 2.15. The Morgan fingerprint density at radius 1 is 1.50 bits per heavy atom. The molecule has 2 aliphatic rings. The maximum atomic E-state index is 3.28. The van der Waals surface area contributed by atoms with Gasteiger partial charge in [-0.25, -0.2) is 0 Å². The van der Waals surface area contributed by atoms with Gasteiger partial charge in [-0.05, 0) is 49.3 Å². The number of hydrogen-bond donors (Lipinski definition) is 1. The molecule has 1 saturated carbocycles. The van der Waals surface area contributed by atoms with Crippen molar-refractivity contribution in [2.45, 2.75) is 6.42 Å². The molecule has 1 saturated heterocycles. The van der Waals surface area contributed by atoms with Gasteiger partial charge in [-0.15, -0.1) is 0 Å². The molecule has 58 valence electrons. The Morgan fingerprint density at radius 2 is 2.40 bits per heavy atom. The predicted octanol–water partition coefficient (Wildman–Crippen LogP) is 1.20. The van der Waals surface area contributed by atoms with Gasteiger partial charge in [0.25, 0.3) is 0 Å². The lowest BCUT2D eigenvalue weighted by Crippen LogP contribution is -2.11. The van der Waals surface area contributed by atoms with Crippen molar-refractivity contribution in [2.75, 3.05) is 25.1 Å². The molecule has 1 heterocycles. The highest BCUT2D eigenvalue weighted by molar-refractivity contribution is 7.99. The summed E-state index contributed by atoms with van der Waals surface area (Å²) in [6, 6.07) is 0. The number of hydrogen-bond acceptors (Lipinski definition) is 2. The van der Waals surface area contributed by atoms with Crippen LogP contribution >= 0.6 is 11.8 Å². The second-order valence-corrected chi connectivity index (χ2v) is 4.56. The van der Waals surface area contributed by atoms with Gasteiger partial charge in [0.1, 0.15) is 0 Å². The minimum atomic E-state index is 1.04. The van der Waals surface area contributed by atoms with Crippen LogP contribution in [0.2, 0.25) is 0 Å². The molecule has 0 bridgehead atoms. The van der Waals surface area contributed by atoms with Crippen molar-refractivity contribution in [3.05, 3.63) is 0 Å². The maximum Gasteiger partial charge on any atom is -0.00177 e. The lowest BCUT2D eigenvalue weighted by atomic mass is 10.2. The molecule has 2 heteroatoms. The third-order valence-electron chi connectivity index (χ3n) is 2.85. The zero-order valence-electron chi connectivity index (χ0n) is 6.47. The van der Waals surface area contributed by atoms with Crippen molar-refractivity contribution < 1.29 is 0 Å². The van der Waals surface area contributed by atoms with Gasteiger partial charge in [0.2, 0.25) is 0 Å². The highest BCUT2D eigenvalue weighted by Gasteiger charge is 2.49. The van der Waals surface area contributed by atoms with Gasteiger partial charge in [0, 0.05) is 0 Å². The third kappa shape index (κ3) is 1.08. The topological polar surface area (TPSA) is 12.0 Å². The van der Waals surface area contributed by atoms with Gasteiger partial charge in [-0.3, -0.25) is 0 Å². The largest absolute Gasteiger partial charge is 0.319 e. The summed E-state index contributed by atoms with van der Waals surface area (Å²) in [6.45, 7) is 1.26. The van der Waals surface area contributed by atoms with Crippen LogP contribution in [0.1, 0.15) is 6.42 Å². The molecule has 10 heavy (non-hydrogen) atoms. The van der Waals surface area contributed by atoms with Gasteiger partial charge < -0.3 is 5.32 Å². The molecule has 1 N–H and O–H groups in total. The Labute approximate surface area is 67.0 Å². The Bertz CT molecular complexity index is 114. The number of thioether (sulfide) groups is 1. The minimum absolute atomic E-state index is 1.04. The molecule has 0 spiro atoms. The van der Waals surface area contributed by atoms with E-state index < -0.39 is 0 Å². The summed E-state index contributed by atoms with van der Waals surface area (Å²) < 4.78 is 0. The van der Waals surface area contributed by atoms with Crippen LogP contribution in [0, 0.1) is 17.8 Å². The van der Waals surface area contributed by atoms with Gasteiger partial charge in [-0.1, -0.05) is 0 Å². The quantitative estimate of drug-likeness (QED) is 0.646. The summed E-state index contributed by atoms with van der Waals surface area (Å²) in [5.41, 5.74) is 0. The second kappa shape index (κ2) is 2.74. The molecule has 0 amide bonds. The summed E-state index contributed by atoms with van der Waals surface area (Å²) in [5, 5.41) is 3.28. The Kier molecular flexibility index (Phi) is 1.92. The highest BCUT2D eigenvalue weighted by Crippen LogP contribution is 2.53. The van der Waals surface area contributed by atoms with E-state index in [0.717, 1.165) is 17.8 Å². The summed E-state index contributed by atoms with van der Waals surface area (Å²) in [5.74, 6) is 6.10. The van der Waals surface area contributed by atoms with E-state index in [1.807, 2.05) is 0 Å². The summed E-state index contributed by atoms with van der Waals surface area (Å²) in [4.78, 5) is 0. The van der Waals surface area contributed by atoms with Gasteiger partial charge in [-0.2, -0.15) is 11.8 Å².